The fourth-order valence-electron chi connectivity index (χ4n) is 2.21. The van der Waals surface area contributed by atoms with Crippen molar-refractivity contribution in [3.05, 3.63) is 35.4 Å². The number of ketones is 1. The number of rotatable bonds is 3. The molecule has 1 saturated heterocycles. The van der Waals surface area contributed by atoms with E-state index in [0.29, 0.717) is 18.6 Å². The molecular weight excluding hydrogens is 216 g/mol. The lowest BCUT2D eigenvalue weighted by Crippen LogP contribution is -2.40. The molecule has 0 aliphatic carbocycles. The van der Waals surface area contributed by atoms with Crippen LogP contribution in [0.15, 0.2) is 24.3 Å². The highest BCUT2D eigenvalue weighted by Gasteiger charge is 2.30. The lowest BCUT2D eigenvalue weighted by atomic mass is 9.89. The number of aliphatic hydroxyl groups is 1. The van der Waals surface area contributed by atoms with Gasteiger partial charge in [0.25, 0.3) is 0 Å². The molecule has 92 valence electrons. The summed E-state index contributed by atoms with van der Waals surface area (Å²) >= 11 is 0. The Morgan fingerprint density at radius 2 is 2.12 bits per heavy atom. The molecular formula is C14H18O3. The molecule has 0 amide bonds. The molecule has 0 radical (unpaired) electrons. The van der Waals surface area contributed by atoms with Crippen LogP contribution < -0.4 is 0 Å². The average Bonchev–Trinajstić information content (AvgIpc) is 2.30. The Morgan fingerprint density at radius 1 is 1.41 bits per heavy atom. The Labute approximate surface area is 101 Å². The fraction of sp³-hybridized carbons (Fsp3) is 0.500. The van der Waals surface area contributed by atoms with Gasteiger partial charge in [0.1, 0.15) is 0 Å². The predicted octanol–water partition coefficient (Wildman–Crippen LogP) is 1.97. The van der Waals surface area contributed by atoms with Gasteiger partial charge in [-0.3, -0.25) is 4.79 Å². The van der Waals surface area contributed by atoms with E-state index in [1.807, 2.05) is 24.3 Å². The molecule has 1 aromatic carbocycles. The van der Waals surface area contributed by atoms with Gasteiger partial charge >= 0.3 is 0 Å². The van der Waals surface area contributed by atoms with Crippen LogP contribution in [0.1, 0.15) is 35.7 Å². The smallest absolute Gasteiger partial charge is 0.159 e. The molecule has 1 unspecified atom stereocenters. The standard InChI is InChI=1S/C14H18O3/c1-11(15)13-5-3-12(4-6-13)9-14(16)7-2-8-17-10-14/h3-6,16H,2,7-10H2,1H3. The van der Waals surface area contributed by atoms with Crippen molar-refractivity contribution in [2.75, 3.05) is 13.2 Å². The van der Waals surface area contributed by atoms with E-state index in [1.165, 1.54) is 0 Å². The fourth-order valence-corrected chi connectivity index (χ4v) is 2.21. The van der Waals surface area contributed by atoms with Gasteiger partial charge in [-0.25, -0.2) is 0 Å². The van der Waals surface area contributed by atoms with E-state index in [4.69, 9.17) is 4.74 Å². The first-order chi connectivity index (χ1) is 8.09. The molecule has 3 nitrogen and oxygen atoms in total. The van der Waals surface area contributed by atoms with E-state index in [-0.39, 0.29) is 5.78 Å². The lowest BCUT2D eigenvalue weighted by molar-refractivity contribution is -0.0844. The van der Waals surface area contributed by atoms with Crippen LogP contribution in [0.4, 0.5) is 0 Å². The Balaban J connectivity index is 2.05. The summed E-state index contributed by atoms with van der Waals surface area (Å²) in [7, 11) is 0. The molecule has 1 heterocycles. The van der Waals surface area contributed by atoms with Gasteiger partial charge in [-0.05, 0) is 25.3 Å². The minimum absolute atomic E-state index is 0.0660. The maximum absolute atomic E-state index is 11.1. The minimum atomic E-state index is -0.740. The summed E-state index contributed by atoms with van der Waals surface area (Å²) in [5, 5.41) is 10.3. The average molecular weight is 234 g/mol. The Morgan fingerprint density at radius 3 is 2.65 bits per heavy atom. The van der Waals surface area contributed by atoms with E-state index in [0.717, 1.165) is 25.0 Å². The second kappa shape index (κ2) is 4.98. The highest BCUT2D eigenvalue weighted by atomic mass is 16.5. The van der Waals surface area contributed by atoms with Crippen molar-refractivity contribution in [3.8, 4) is 0 Å². The molecule has 1 aromatic rings. The minimum Gasteiger partial charge on any atom is -0.387 e. The highest BCUT2D eigenvalue weighted by molar-refractivity contribution is 5.93. The monoisotopic (exact) mass is 234 g/mol. The zero-order chi connectivity index (χ0) is 12.3. The van der Waals surface area contributed by atoms with E-state index < -0.39 is 5.60 Å². The molecule has 0 bridgehead atoms. The van der Waals surface area contributed by atoms with Crippen LogP contribution in [-0.2, 0) is 11.2 Å². The second-order valence-electron chi connectivity index (χ2n) is 4.81. The van der Waals surface area contributed by atoms with Gasteiger partial charge in [0, 0.05) is 18.6 Å². The van der Waals surface area contributed by atoms with Crippen molar-refractivity contribution in [1.29, 1.82) is 0 Å². The van der Waals surface area contributed by atoms with Crippen molar-refractivity contribution < 1.29 is 14.6 Å². The summed E-state index contributed by atoms with van der Waals surface area (Å²) < 4.78 is 5.32. The van der Waals surface area contributed by atoms with Crippen molar-refractivity contribution in [2.24, 2.45) is 0 Å². The van der Waals surface area contributed by atoms with Gasteiger partial charge in [-0.1, -0.05) is 24.3 Å². The Bertz CT molecular complexity index is 388. The van der Waals surface area contributed by atoms with Crippen molar-refractivity contribution >= 4 is 5.78 Å². The summed E-state index contributed by atoms with van der Waals surface area (Å²) in [5.41, 5.74) is 1.01. The molecule has 1 atom stereocenters. The molecule has 0 spiro atoms. The number of hydrogen-bond donors (Lipinski definition) is 1. The SMILES string of the molecule is CC(=O)c1ccc(CC2(O)CCCOC2)cc1. The Kier molecular flexibility index (Phi) is 3.60. The molecule has 0 saturated carbocycles. The first-order valence-electron chi connectivity index (χ1n) is 5.99. The number of benzene rings is 1. The largest absolute Gasteiger partial charge is 0.387 e. The molecule has 3 heteroatoms. The number of hydrogen-bond acceptors (Lipinski definition) is 3. The van der Waals surface area contributed by atoms with E-state index >= 15 is 0 Å². The van der Waals surface area contributed by atoms with Crippen molar-refractivity contribution in [1.82, 2.24) is 0 Å². The summed E-state index contributed by atoms with van der Waals surface area (Å²) in [4.78, 5) is 11.1. The summed E-state index contributed by atoms with van der Waals surface area (Å²) in [6.07, 6.45) is 2.27. The number of carbonyl (C=O) groups is 1. The normalized spacial score (nSPS) is 24.6. The summed E-state index contributed by atoms with van der Waals surface area (Å²) in [6, 6.07) is 7.43. The number of carbonyl (C=O) groups excluding carboxylic acids is 1. The van der Waals surface area contributed by atoms with Crippen LogP contribution in [0.3, 0.4) is 0 Å². The van der Waals surface area contributed by atoms with Gasteiger partial charge in [0.05, 0.1) is 12.2 Å². The van der Waals surface area contributed by atoms with Gasteiger partial charge in [-0.15, -0.1) is 0 Å². The van der Waals surface area contributed by atoms with Gasteiger partial charge in [-0.2, -0.15) is 0 Å². The molecule has 1 N–H and O–H groups in total. The van der Waals surface area contributed by atoms with Gasteiger partial charge in [0.15, 0.2) is 5.78 Å². The van der Waals surface area contributed by atoms with Crippen molar-refractivity contribution in [2.45, 2.75) is 31.8 Å². The van der Waals surface area contributed by atoms with Crippen molar-refractivity contribution in [3.63, 3.8) is 0 Å². The van der Waals surface area contributed by atoms with Crippen LogP contribution in [0.5, 0.6) is 0 Å². The third-order valence-corrected chi connectivity index (χ3v) is 3.20. The van der Waals surface area contributed by atoms with E-state index in [2.05, 4.69) is 0 Å². The molecule has 17 heavy (non-hydrogen) atoms. The van der Waals surface area contributed by atoms with Crippen LogP contribution in [0.2, 0.25) is 0 Å². The van der Waals surface area contributed by atoms with Crippen LogP contribution >= 0.6 is 0 Å². The third kappa shape index (κ3) is 3.14. The van der Waals surface area contributed by atoms with Gasteiger partial charge < -0.3 is 9.84 Å². The first kappa shape index (κ1) is 12.3. The maximum Gasteiger partial charge on any atom is 0.159 e. The number of Topliss-reactive ketones (excluding diaryl/α,β-unsaturated/α-hetero) is 1. The topological polar surface area (TPSA) is 46.5 Å². The zero-order valence-electron chi connectivity index (χ0n) is 10.1. The highest BCUT2D eigenvalue weighted by Crippen LogP contribution is 2.23. The second-order valence-corrected chi connectivity index (χ2v) is 4.81. The summed E-state index contributed by atoms with van der Waals surface area (Å²) in [6.45, 7) is 2.70. The maximum atomic E-state index is 11.1. The third-order valence-electron chi connectivity index (χ3n) is 3.20. The quantitative estimate of drug-likeness (QED) is 0.813. The van der Waals surface area contributed by atoms with E-state index in [9.17, 15) is 9.90 Å². The lowest BCUT2D eigenvalue weighted by Gasteiger charge is -2.32. The van der Waals surface area contributed by atoms with E-state index in [1.54, 1.807) is 6.92 Å². The molecule has 1 aliphatic heterocycles. The van der Waals surface area contributed by atoms with Crippen LogP contribution in [-0.4, -0.2) is 29.7 Å². The first-order valence-corrected chi connectivity index (χ1v) is 5.99. The van der Waals surface area contributed by atoms with Crippen LogP contribution in [0, 0.1) is 0 Å². The molecule has 2 rings (SSSR count). The zero-order valence-corrected chi connectivity index (χ0v) is 10.1. The molecule has 0 aromatic heterocycles. The molecule has 1 aliphatic rings. The van der Waals surface area contributed by atoms with Crippen LogP contribution in [0.25, 0.3) is 0 Å². The summed E-state index contributed by atoms with van der Waals surface area (Å²) in [5.74, 6) is 0.0660. The van der Waals surface area contributed by atoms with Gasteiger partial charge in [0.2, 0.25) is 0 Å². The predicted molar refractivity (Wildman–Crippen MR) is 65.2 cm³/mol. The molecule has 1 fully saturated rings. The Hall–Kier alpha value is -1.19. The number of ether oxygens (including phenoxy) is 1.